The Labute approximate surface area is 243 Å². The van der Waals surface area contributed by atoms with Gasteiger partial charge in [0.2, 0.25) is 0 Å². The van der Waals surface area contributed by atoms with Crippen molar-refractivity contribution < 1.29 is 5.11 Å². The maximum absolute atomic E-state index is 10.9. The standard InChI is InChI=1S/C38H34N2O/c1-28-14-12-13-21-35(28)36-24-22-33(26-29(36)2)40(32-19-10-5-11-20-32)38-27-34(41)23-25-37(38)39(30-15-6-3-7-16-30)31-17-8-4-9-18-31/h3-21,23,25-27,41H,22,24H2,1-2H3. The van der Waals surface area contributed by atoms with E-state index < -0.39 is 0 Å². The van der Waals surface area contributed by atoms with Crippen molar-refractivity contribution in [3.63, 3.8) is 0 Å². The molecule has 5 aromatic carbocycles. The summed E-state index contributed by atoms with van der Waals surface area (Å²) in [6.45, 7) is 4.40. The van der Waals surface area contributed by atoms with Crippen LogP contribution in [0.2, 0.25) is 0 Å². The van der Waals surface area contributed by atoms with Crippen molar-refractivity contribution >= 4 is 34.0 Å². The fourth-order valence-corrected chi connectivity index (χ4v) is 5.79. The number of para-hydroxylation sites is 3. The van der Waals surface area contributed by atoms with Gasteiger partial charge in [-0.2, -0.15) is 0 Å². The van der Waals surface area contributed by atoms with Gasteiger partial charge in [0.25, 0.3) is 0 Å². The first-order valence-electron chi connectivity index (χ1n) is 14.1. The minimum absolute atomic E-state index is 0.232. The molecule has 0 aliphatic heterocycles. The number of hydrogen-bond donors (Lipinski definition) is 1. The second kappa shape index (κ2) is 11.6. The molecule has 0 bridgehead atoms. The summed E-state index contributed by atoms with van der Waals surface area (Å²) in [4.78, 5) is 4.57. The van der Waals surface area contributed by atoms with Crippen molar-refractivity contribution in [2.75, 3.05) is 9.80 Å². The molecule has 0 amide bonds. The van der Waals surface area contributed by atoms with E-state index in [1.807, 2.05) is 30.3 Å². The normalized spacial score (nSPS) is 13.1. The number of phenols is 1. The van der Waals surface area contributed by atoms with Crippen molar-refractivity contribution in [3.8, 4) is 5.75 Å². The molecule has 6 rings (SSSR count). The summed E-state index contributed by atoms with van der Waals surface area (Å²) >= 11 is 0. The van der Waals surface area contributed by atoms with Gasteiger partial charge in [-0.05, 0) is 104 Å². The summed E-state index contributed by atoms with van der Waals surface area (Å²) in [5, 5.41) is 10.9. The number of anilines is 5. The van der Waals surface area contributed by atoms with E-state index in [2.05, 4.69) is 127 Å². The molecule has 1 N–H and O–H groups in total. The Morgan fingerprint density at radius 1 is 0.537 bits per heavy atom. The number of allylic oxidation sites excluding steroid dienone is 4. The Balaban J connectivity index is 1.56. The molecule has 0 aromatic heterocycles. The zero-order valence-corrected chi connectivity index (χ0v) is 23.5. The molecule has 0 saturated heterocycles. The molecule has 202 valence electrons. The van der Waals surface area contributed by atoms with Crippen LogP contribution >= 0.6 is 0 Å². The Bertz CT molecular complexity index is 1670. The predicted octanol–water partition coefficient (Wildman–Crippen LogP) is 10.5. The largest absolute Gasteiger partial charge is 0.508 e. The monoisotopic (exact) mass is 534 g/mol. The third-order valence-electron chi connectivity index (χ3n) is 7.73. The van der Waals surface area contributed by atoms with Crippen LogP contribution in [-0.4, -0.2) is 5.11 Å². The van der Waals surface area contributed by atoms with Gasteiger partial charge in [0.15, 0.2) is 0 Å². The smallest absolute Gasteiger partial charge is 0.117 e. The number of phenolic OH excluding ortho intramolecular Hbond substituents is 1. The van der Waals surface area contributed by atoms with Crippen LogP contribution in [0.25, 0.3) is 5.57 Å². The second-order valence-corrected chi connectivity index (χ2v) is 10.5. The molecule has 5 aromatic rings. The maximum atomic E-state index is 10.9. The van der Waals surface area contributed by atoms with Crippen LogP contribution in [0.15, 0.2) is 151 Å². The highest BCUT2D eigenvalue weighted by molar-refractivity contribution is 5.90. The van der Waals surface area contributed by atoms with Crippen LogP contribution < -0.4 is 9.80 Å². The van der Waals surface area contributed by atoms with Crippen molar-refractivity contribution in [3.05, 3.63) is 162 Å². The van der Waals surface area contributed by atoms with E-state index in [9.17, 15) is 5.11 Å². The molecule has 1 aliphatic rings. The predicted molar refractivity (Wildman–Crippen MR) is 172 cm³/mol. The van der Waals surface area contributed by atoms with Crippen molar-refractivity contribution in [1.82, 2.24) is 0 Å². The summed E-state index contributed by atoms with van der Waals surface area (Å²) in [5.74, 6) is 0.232. The minimum atomic E-state index is 0.232. The van der Waals surface area contributed by atoms with Crippen LogP contribution in [0.1, 0.15) is 30.9 Å². The summed E-state index contributed by atoms with van der Waals surface area (Å²) in [6, 6.07) is 45.6. The van der Waals surface area contributed by atoms with Gasteiger partial charge >= 0.3 is 0 Å². The molecule has 1 aliphatic carbocycles. The molecule has 0 heterocycles. The fourth-order valence-electron chi connectivity index (χ4n) is 5.79. The third kappa shape index (κ3) is 5.39. The summed E-state index contributed by atoms with van der Waals surface area (Å²) in [5.41, 5.74) is 11.5. The van der Waals surface area contributed by atoms with Crippen molar-refractivity contribution in [2.45, 2.75) is 26.7 Å². The van der Waals surface area contributed by atoms with Gasteiger partial charge in [0, 0.05) is 28.8 Å². The second-order valence-electron chi connectivity index (χ2n) is 10.5. The van der Waals surface area contributed by atoms with E-state index in [1.165, 1.54) is 28.0 Å². The summed E-state index contributed by atoms with van der Waals surface area (Å²) in [6.07, 6.45) is 4.14. The highest BCUT2D eigenvalue weighted by Crippen LogP contribution is 2.47. The fraction of sp³-hybridized carbons (Fsp3) is 0.105. The molecule has 0 radical (unpaired) electrons. The van der Waals surface area contributed by atoms with Gasteiger partial charge < -0.3 is 14.9 Å². The van der Waals surface area contributed by atoms with E-state index in [0.29, 0.717) is 0 Å². The quantitative estimate of drug-likeness (QED) is 0.225. The molecule has 3 nitrogen and oxygen atoms in total. The number of nitrogens with zero attached hydrogens (tertiary/aromatic N) is 2. The Morgan fingerprint density at radius 3 is 1.63 bits per heavy atom. The molecule has 41 heavy (non-hydrogen) atoms. The number of rotatable bonds is 7. The highest BCUT2D eigenvalue weighted by Gasteiger charge is 2.25. The lowest BCUT2D eigenvalue weighted by atomic mass is 9.88. The topological polar surface area (TPSA) is 26.7 Å². The number of benzene rings is 5. The summed E-state index contributed by atoms with van der Waals surface area (Å²) in [7, 11) is 0. The third-order valence-corrected chi connectivity index (χ3v) is 7.73. The van der Waals surface area contributed by atoms with E-state index >= 15 is 0 Å². The number of aromatic hydroxyl groups is 1. The van der Waals surface area contributed by atoms with Crippen molar-refractivity contribution in [1.29, 1.82) is 0 Å². The Hall–Kier alpha value is -5.02. The van der Waals surface area contributed by atoms with Crippen LogP contribution in [0.5, 0.6) is 5.75 Å². The first kappa shape index (κ1) is 26.2. The van der Waals surface area contributed by atoms with Crippen molar-refractivity contribution in [2.24, 2.45) is 0 Å². The molecule has 3 heteroatoms. The van der Waals surface area contributed by atoms with Gasteiger partial charge in [-0.1, -0.05) is 78.9 Å². The van der Waals surface area contributed by atoms with Gasteiger partial charge in [-0.25, -0.2) is 0 Å². The van der Waals surface area contributed by atoms with Gasteiger partial charge in [0.05, 0.1) is 11.4 Å². The average Bonchev–Trinajstić information content (AvgIpc) is 3.01. The molecular formula is C38H34N2O. The van der Waals surface area contributed by atoms with E-state index in [-0.39, 0.29) is 5.75 Å². The van der Waals surface area contributed by atoms with Gasteiger partial charge in [-0.15, -0.1) is 0 Å². The zero-order chi connectivity index (χ0) is 28.2. The summed E-state index contributed by atoms with van der Waals surface area (Å²) < 4.78 is 0. The first-order valence-corrected chi connectivity index (χ1v) is 14.1. The molecular weight excluding hydrogens is 500 g/mol. The van der Waals surface area contributed by atoms with Crippen LogP contribution in [0.3, 0.4) is 0 Å². The lowest BCUT2D eigenvalue weighted by Gasteiger charge is -2.35. The van der Waals surface area contributed by atoms with Crippen LogP contribution in [0.4, 0.5) is 28.4 Å². The van der Waals surface area contributed by atoms with E-state index in [4.69, 9.17) is 0 Å². The number of aryl methyl sites for hydroxylation is 1. The maximum Gasteiger partial charge on any atom is 0.117 e. The van der Waals surface area contributed by atoms with Crippen LogP contribution in [0, 0.1) is 6.92 Å². The van der Waals surface area contributed by atoms with E-state index in [0.717, 1.165) is 41.3 Å². The highest BCUT2D eigenvalue weighted by atomic mass is 16.3. The Morgan fingerprint density at radius 2 is 1.07 bits per heavy atom. The molecule has 0 saturated carbocycles. The van der Waals surface area contributed by atoms with E-state index in [1.54, 1.807) is 6.07 Å². The SMILES string of the molecule is CC1=C(c2ccccc2C)CCC(N(c2ccccc2)c2cc(O)ccc2N(c2ccccc2)c2ccccc2)=C1. The van der Waals surface area contributed by atoms with Gasteiger partial charge in [0.1, 0.15) is 5.75 Å². The lowest BCUT2D eigenvalue weighted by molar-refractivity contribution is 0.475. The zero-order valence-electron chi connectivity index (χ0n) is 23.5. The average molecular weight is 535 g/mol. The molecule has 0 spiro atoms. The number of hydrogen-bond acceptors (Lipinski definition) is 3. The minimum Gasteiger partial charge on any atom is -0.508 e. The van der Waals surface area contributed by atoms with Gasteiger partial charge in [-0.3, -0.25) is 0 Å². The molecule has 0 unspecified atom stereocenters. The first-order chi connectivity index (χ1) is 20.1. The molecule has 0 fully saturated rings. The Kier molecular flexibility index (Phi) is 7.42. The van der Waals surface area contributed by atoms with Crippen LogP contribution in [-0.2, 0) is 0 Å². The lowest BCUT2D eigenvalue weighted by Crippen LogP contribution is -2.22. The molecule has 0 atom stereocenters.